The van der Waals surface area contributed by atoms with Gasteiger partial charge in [-0.25, -0.2) is 0 Å². The molecule has 11 atom stereocenters. The van der Waals surface area contributed by atoms with Crippen molar-refractivity contribution in [3.8, 4) is 0 Å². The highest BCUT2D eigenvalue weighted by Gasteiger charge is 2.52. The summed E-state index contributed by atoms with van der Waals surface area (Å²) in [4.78, 5) is 30.2. The average molecular weight is 1290 g/mol. The predicted octanol–water partition coefficient (Wildman–Crippen LogP) is 16.4. The van der Waals surface area contributed by atoms with E-state index in [1.807, 2.05) is 187 Å². The van der Waals surface area contributed by atoms with Gasteiger partial charge in [-0.15, -0.1) is 0 Å². The smallest absolute Gasteiger partial charge is 0.306 e. The van der Waals surface area contributed by atoms with E-state index < -0.39 is 61.4 Å². The lowest BCUT2D eigenvalue weighted by Crippen LogP contribution is -2.65. The third-order valence-corrected chi connectivity index (χ3v) is 17.8. The Morgan fingerprint density at radius 3 is 0.989 bits per heavy atom. The van der Waals surface area contributed by atoms with Crippen LogP contribution in [-0.2, 0) is 101 Å². The van der Waals surface area contributed by atoms with Crippen LogP contribution in [0.1, 0.15) is 169 Å². The molecule has 2 heterocycles. The lowest BCUT2D eigenvalue weighted by atomic mass is 9.95. The van der Waals surface area contributed by atoms with Gasteiger partial charge in [0.15, 0.2) is 12.6 Å². The number of carbonyl (C=O) groups excluding carboxylic acids is 2. The van der Waals surface area contributed by atoms with Crippen molar-refractivity contribution in [3.05, 3.63) is 215 Å². The molecule has 6 aromatic carbocycles. The molecule has 14 nitrogen and oxygen atoms in total. The quantitative estimate of drug-likeness (QED) is 0.0265. The van der Waals surface area contributed by atoms with Crippen molar-refractivity contribution in [3.63, 3.8) is 0 Å². The largest absolute Gasteiger partial charge is 0.462 e. The van der Waals surface area contributed by atoms with Gasteiger partial charge in [0.1, 0.15) is 54.9 Å². The lowest BCUT2D eigenvalue weighted by Gasteiger charge is -2.48. The monoisotopic (exact) mass is 1290 g/mol. The van der Waals surface area contributed by atoms with E-state index in [0.717, 1.165) is 117 Å². The number of benzene rings is 6. The van der Waals surface area contributed by atoms with Crippen LogP contribution >= 0.6 is 0 Å². The number of rotatable bonds is 45. The summed E-state index contributed by atoms with van der Waals surface area (Å²) in [6, 6.07) is 60.3. The zero-order valence-corrected chi connectivity index (χ0v) is 56.5. The number of amides is 1. The van der Waals surface area contributed by atoms with Crippen molar-refractivity contribution in [1.29, 1.82) is 0 Å². The van der Waals surface area contributed by atoms with Crippen LogP contribution in [0.2, 0.25) is 0 Å². The van der Waals surface area contributed by atoms with E-state index in [1.165, 1.54) is 19.3 Å². The van der Waals surface area contributed by atoms with Crippen LogP contribution in [-0.4, -0.2) is 112 Å². The molecule has 0 saturated carbocycles. The number of hydrogen-bond acceptors (Lipinski definition) is 13. The molecule has 2 fully saturated rings. The molecule has 0 aliphatic carbocycles. The van der Waals surface area contributed by atoms with Gasteiger partial charge in [0.05, 0.1) is 39.6 Å². The second kappa shape index (κ2) is 43.1. The number of nitrogens with zero attached hydrogens (tertiary/aromatic N) is 1. The third-order valence-electron chi connectivity index (χ3n) is 17.8. The highest BCUT2D eigenvalue weighted by Crippen LogP contribution is 2.35. The molecule has 94 heavy (non-hydrogen) atoms. The minimum absolute atomic E-state index is 0.0103. The minimum Gasteiger partial charge on any atom is -0.462 e. The standard InChI is InChI=1S/C80H107NO13/c1-5-7-9-35-50-68(92-72(83)53-22-8-6-2)51-36-14-12-10-11-13-15-37-52-71(82)81(54-69-73(86-56-62-38-23-16-24-39-62)75(88-58-64-42-27-18-28-43-64)77(79(84-3)93-69)90-60-66-46-31-20-32-47-66)55-70-74(87-57-63-40-25-17-26-41-63)76(89-59-65-44-29-19-30-45-65)78(80(85-4)94-70)91-61-67-48-33-21-34-49-67/h16-21,23-34,38-49,68-70,73-80H,5-15,22,35-37,50-61H2,1-4H3/t68-,69-,70-,73-,74-,75+,76+,77-,78-,79+,80+/m1/s1. The molecule has 6 aromatic rings. The summed E-state index contributed by atoms with van der Waals surface area (Å²) in [6.07, 6.45) is 10.6. The normalized spacial score (nSPS) is 21.6. The van der Waals surface area contributed by atoms with Crippen LogP contribution in [0.4, 0.5) is 0 Å². The number of hydrogen-bond donors (Lipinski definition) is 0. The topological polar surface area (TPSA) is 139 Å². The average Bonchev–Trinajstić information content (AvgIpc) is 0.819. The molecule has 0 N–H and O–H groups in total. The van der Waals surface area contributed by atoms with Crippen molar-refractivity contribution in [2.24, 2.45) is 0 Å². The van der Waals surface area contributed by atoms with Crippen molar-refractivity contribution in [2.45, 2.75) is 243 Å². The summed E-state index contributed by atoms with van der Waals surface area (Å²) < 4.78 is 74.9. The highest BCUT2D eigenvalue weighted by atomic mass is 16.7. The molecule has 8 rings (SSSR count). The first-order valence-corrected chi connectivity index (χ1v) is 35.1. The van der Waals surface area contributed by atoms with Gasteiger partial charge in [-0.2, -0.15) is 0 Å². The van der Waals surface area contributed by atoms with Gasteiger partial charge in [0.25, 0.3) is 0 Å². The summed E-state index contributed by atoms with van der Waals surface area (Å²) >= 11 is 0. The number of esters is 1. The second-order valence-electron chi connectivity index (χ2n) is 25.2. The van der Waals surface area contributed by atoms with Crippen LogP contribution in [0, 0.1) is 0 Å². The van der Waals surface area contributed by atoms with E-state index in [9.17, 15) is 4.79 Å². The van der Waals surface area contributed by atoms with Gasteiger partial charge < -0.3 is 57.0 Å². The Bertz CT molecular complexity index is 2750. The maximum absolute atomic E-state index is 15.6. The molecule has 1 amide bonds. The van der Waals surface area contributed by atoms with Crippen LogP contribution in [0.15, 0.2) is 182 Å². The Labute approximate surface area is 561 Å². The molecule has 0 unspecified atom stereocenters. The van der Waals surface area contributed by atoms with E-state index in [0.29, 0.717) is 12.8 Å². The van der Waals surface area contributed by atoms with Crippen molar-refractivity contribution in [1.82, 2.24) is 4.90 Å². The van der Waals surface area contributed by atoms with Crippen molar-refractivity contribution < 1.29 is 61.7 Å². The van der Waals surface area contributed by atoms with Gasteiger partial charge in [-0.3, -0.25) is 9.59 Å². The van der Waals surface area contributed by atoms with E-state index in [2.05, 4.69) is 13.8 Å². The van der Waals surface area contributed by atoms with E-state index in [1.54, 1.807) is 14.2 Å². The van der Waals surface area contributed by atoms with E-state index in [-0.39, 0.29) is 77.1 Å². The zero-order valence-electron chi connectivity index (χ0n) is 56.5. The van der Waals surface area contributed by atoms with Crippen LogP contribution in [0.3, 0.4) is 0 Å². The molecule has 0 radical (unpaired) electrons. The second-order valence-corrected chi connectivity index (χ2v) is 25.2. The molecule has 0 aromatic heterocycles. The molecule has 2 aliphatic heterocycles. The van der Waals surface area contributed by atoms with Gasteiger partial charge >= 0.3 is 5.97 Å². The molecule has 510 valence electrons. The Balaban J connectivity index is 1.06. The maximum atomic E-state index is 15.6. The fraction of sp³-hybridized carbons (Fsp3) is 0.525. The minimum atomic E-state index is -0.915. The molecule has 0 bridgehead atoms. The molecule has 14 heteroatoms. The lowest BCUT2D eigenvalue weighted by molar-refractivity contribution is -0.324. The van der Waals surface area contributed by atoms with Gasteiger partial charge in [-0.05, 0) is 71.9 Å². The van der Waals surface area contributed by atoms with Gasteiger partial charge in [0.2, 0.25) is 5.91 Å². The first kappa shape index (κ1) is 73.7. The Morgan fingerprint density at radius 1 is 0.362 bits per heavy atom. The van der Waals surface area contributed by atoms with Gasteiger partial charge in [0, 0.05) is 40.2 Å². The van der Waals surface area contributed by atoms with Gasteiger partial charge in [-0.1, -0.05) is 266 Å². The summed E-state index contributed by atoms with van der Waals surface area (Å²) in [5.41, 5.74) is 5.86. The van der Waals surface area contributed by atoms with Crippen LogP contribution in [0.5, 0.6) is 0 Å². The summed E-state index contributed by atoms with van der Waals surface area (Å²) in [5.74, 6) is -0.108. The molecule has 0 spiro atoms. The molecular weight excluding hydrogens is 1180 g/mol. The Morgan fingerprint density at radius 2 is 0.649 bits per heavy atom. The highest BCUT2D eigenvalue weighted by molar-refractivity contribution is 5.76. The summed E-state index contributed by atoms with van der Waals surface area (Å²) in [5, 5.41) is 0. The number of unbranched alkanes of at least 4 members (excludes halogenated alkanes) is 12. The molecule has 2 saturated heterocycles. The van der Waals surface area contributed by atoms with E-state index >= 15 is 4.79 Å². The third kappa shape index (κ3) is 25.5. The number of carbonyl (C=O) groups is 2. The fourth-order valence-corrected chi connectivity index (χ4v) is 12.6. The fourth-order valence-electron chi connectivity index (χ4n) is 12.6. The first-order valence-electron chi connectivity index (χ1n) is 35.1. The SMILES string of the molecule is CCCCCC[C@H](CCCCCCCCCCC(=O)N(C[C@H]1O[C@H](OC)[C@H](OCc2ccccc2)[C@@H](OCc2ccccc2)[C@@H]1OCc1ccccc1)C[C@H]1O[C@H](OC)[C@H](OCc2ccccc2)[C@@H](OCc2ccccc2)[C@@H]1OCc1ccccc1)OC(=O)CCCCC. The van der Waals surface area contributed by atoms with Crippen molar-refractivity contribution in [2.75, 3.05) is 27.3 Å². The first-order chi connectivity index (χ1) is 46.3. The van der Waals surface area contributed by atoms with Crippen LogP contribution < -0.4 is 0 Å². The Hall–Kier alpha value is -6.14. The molecular formula is C80H107NO13. The predicted molar refractivity (Wildman–Crippen MR) is 367 cm³/mol. The number of methoxy groups -OCH3 is 2. The maximum Gasteiger partial charge on any atom is 0.306 e. The van der Waals surface area contributed by atoms with Crippen LogP contribution in [0.25, 0.3) is 0 Å². The molecule has 2 aliphatic rings. The summed E-state index contributed by atoms with van der Waals surface area (Å²) in [6.45, 7) is 6.09. The summed E-state index contributed by atoms with van der Waals surface area (Å²) in [7, 11) is 3.23. The van der Waals surface area contributed by atoms with Crippen molar-refractivity contribution >= 4 is 11.9 Å². The zero-order chi connectivity index (χ0) is 65.6. The number of ether oxygens (including phenoxy) is 11. The Kier molecular flexibility index (Phi) is 33.8. The van der Waals surface area contributed by atoms with E-state index in [4.69, 9.17) is 52.1 Å².